The van der Waals surface area contributed by atoms with Crippen molar-refractivity contribution in [3.8, 4) is 46.0 Å². The van der Waals surface area contributed by atoms with E-state index < -0.39 is 60.1 Å². The number of fused-ring (bicyclic) bond motifs is 16. The molecule has 8 aromatic carbocycles. The third-order valence-electron chi connectivity index (χ3n) is 24.6. The van der Waals surface area contributed by atoms with Crippen LogP contribution in [0, 0.1) is 0 Å². The van der Waals surface area contributed by atoms with Crippen molar-refractivity contribution >= 4 is 76.9 Å². The summed E-state index contributed by atoms with van der Waals surface area (Å²) in [5.74, 6) is -0.705. The number of aryl methyl sites for hydroxylation is 8. The first-order valence-electron chi connectivity index (χ1n) is 49.5. The molecule has 0 heterocycles. The molecule has 147 heavy (non-hydrogen) atoms. The molecule has 0 saturated carbocycles. The topological polar surface area (TPSA) is 379 Å². The van der Waals surface area contributed by atoms with Crippen LogP contribution in [0.2, 0.25) is 0 Å². The minimum Gasteiger partial charge on any atom is -0.496 e. The second kappa shape index (κ2) is 59.7. The fraction of sp³-hybridized carbons (Fsp3) is 0.427. The highest BCUT2D eigenvalue weighted by atomic mass is 16.6. The Hall–Kier alpha value is -14.7. The molecule has 0 amide bonds. The average molecular weight is 2020 g/mol. The van der Waals surface area contributed by atoms with Gasteiger partial charge in [0, 0.05) is 69.6 Å². The van der Waals surface area contributed by atoms with Gasteiger partial charge in [-0.1, -0.05) is 117 Å². The lowest BCUT2D eigenvalue weighted by molar-refractivity contribution is -0.154. The normalized spacial score (nSPS) is 11.6. The van der Waals surface area contributed by atoms with Gasteiger partial charge in [0.15, 0.2) is 0 Å². The zero-order chi connectivity index (χ0) is 107. The molecule has 30 heteroatoms. The summed E-state index contributed by atoms with van der Waals surface area (Å²) in [4.78, 5) is 155. The Kier molecular flexibility index (Phi) is 47.0. The Labute approximate surface area is 860 Å². The Bertz CT molecular complexity index is 5890. The zero-order valence-electron chi connectivity index (χ0n) is 87.0. The average Bonchev–Trinajstić information content (AvgIpc) is 0.773. The van der Waals surface area contributed by atoms with Crippen LogP contribution in [-0.4, -0.2) is 194 Å². The summed E-state index contributed by atoms with van der Waals surface area (Å²) in [5.41, 5.74) is 22.1. The molecule has 0 aliphatic heterocycles. The maximum absolute atomic E-state index is 12.4. The van der Waals surface area contributed by atoms with Gasteiger partial charge in [0.25, 0.3) is 0 Å². The summed E-state index contributed by atoms with van der Waals surface area (Å²) in [6, 6.07) is 33.7. The van der Waals surface area contributed by atoms with Crippen LogP contribution in [0.3, 0.4) is 0 Å². The van der Waals surface area contributed by atoms with Crippen molar-refractivity contribution in [2.75, 3.05) is 117 Å². The lowest BCUT2D eigenvalue weighted by Gasteiger charge is -2.23. The molecule has 0 spiro atoms. The van der Waals surface area contributed by atoms with Gasteiger partial charge in [-0.3, -0.25) is 47.9 Å². The van der Waals surface area contributed by atoms with Crippen LogP contribution in [-0.2, 0) is 208 Å². The second-order valence-corrected chi connectivity index (χ2v) is 36.3. The maximum Gasteiger partial charge on any atom is 0.330 e. The second-order valence-electron chi connectivity index (χ2n) is 36.3. The van der Waals surface area contributed by atoms with Crippen molar-refractivity contribution in [3.05, 3.63) is 269 Å². The van der Waals surface area contributed by atoms with Crippen LogP contribution in [0.5, 0.6) is 46.0 Å². The van der Waals surface area contributed by atoms with Gasteiger partial charge in [-0.25, -0.2) is 14.4 Å². The van der Waals surface area contributed by atoms with Gasteiger partial charge in [0.05, 0.1) is 117 Å². The van der Waals surface area contributed by atoms with Gasteiger partial charge in [0.2, 0.25) is 0 Å². The molecular weight excluding hydrogens is 1890 g/mol. The van der Waals surface area contributed by atoms with Crippen molar-refractivity contribution < 1.29 is 143 Å². The van der Waals surface area contributed by atoms with Gasteiger partial charge >= 0.3 is 53.7 Å². The number of hydrogen-bond acceptors (Lipinski definition) is 30. The quantitative estimate of drug-likeness (QED) is 0.0112. The number of carbonyl (C=O) groups is 13. The predicted molar refractivity (Wildman–Crippen MR) is 549 cm³/mol. The molecule has 16 bridgehead atoms. The Balaban J connectivity index is 0.000000327. The van der Waals surface area contributed by atoms with Crippen LogP contribution in [0.4, 0.5) is 0 Å². The molecule has 0 saturated heterocycles. The summed E-state index contributed by atoms with van der Waals surface area (Å²) >= 11 is 0. The fourth-order valence-electron chi connectivity index (χ4n) is 18.7. The molecule has 786 valence electrons. The summed E-state index contributed by atoms with van der Waals surface area (Å²) in [7, 11) is 14.4. The van der Waals surface area contributed by atoms with E-state index in [-0.39, 0.29) is 102 Å². The first kappa shape index (κ1) is 116. The molecule has 2 aliphatic carbocycles. The van der Waals surface area contributed by atoms with Crippen molar-refractivity contribution in [2.45, 2.75) is 214 Å². The fourth-order valence-corrected chi connectivity index (χ4v) is 18.7. The number of ketones is 4. The third kappa shape index (κ3) is 36.5. The minimum absolute atomic E-state index is 0.0804. The van der Waals surface area contributed by atoms with E-state index in [4.69, 9.17) is 75.8 Å². The highest BCUT2D eigenvalue weighted by molar-refractivity contribution is 5.96. The molecule has 0 aromatic heterocycles. The number of esters is 9. The number of rotatable bonds is 53. The molecule has 10 rings (SSSR count). The first-order valence-corrected chi connectivity index (χ1v) is 49.5. The van der Waals surface area contributed by atoms with Crippen LogP contribution in [0.1, 0.15) is 245 Å². The Morgan fingerprint density at radius 3 is 0.449 bits per heavy atom. The number of ether oxygens (including phenoxy) is 17. The number of methoxy groups -OCH3 is 9. The van der Waals surface area contributed by atoms with Crippen LogP contribution >= 0.6 is 0 Å². The largest absolute Gasteiger partial charge is 0.496 e. The molecule has 0 unspecified atom stereocenters. The molecule has 2 aliphatic rings. The van der Waals surface area contributed by atoms with Crippen LogP contribution in [0.25, 0.3) is 0 Å². The number of carbonyl (C=O) groups excluding carboxylic acids is 13. The van der Waals surface area contributed by atoms with Gasteiger partial charge in [-0.2, -0.15) is 0 Å². The van der Waals surface area contributed by atoms with E-state index in [0.29, 0.717) is 200 Å². The van der Waals surface area contributed by atoms with E-state index in [1.54, 1.807) is 56.9 Å². The number of Topliss-reactive ketones (excluding diaryl/α,β-unsaturated/α-hetero) is 4. The van der Waals surface area contributed by atoms with Gasteiger partial charge in [-0.05, 0) is 264 Å². The van der Waals surface area contributed by atoms with E-state index in [2.05, 4.69) is 122 Å². The number of hydrogen-bond donors (Lipinski definition) is 0. The van der Waals surface area contributed by atoms with E-state index in [9.17, 15) is 62.3 Å². The van der Waals surface area contributed by atoms with Crippen molar-refractivity contribution in [1.29, 1.82) is 0 Å². The molecule has 0 atom stereocenters. The smallest absolute Gasteiger partial charge is 0.330 e. The van der Waals surface area contributed by atoms with E-state index in [1.807, 2.05) is 0 Å². The Morgan fingerprint density at radius 2 is 0.333 bits per heavy atom. The van der Waals surface area contributed by atoms with Gasteiger partial charge in [0.1, 0.15) is 101 Å². The lowest BCUT2D eigenvalue weighted by Crippen LogP contribution is -2.13. The standard InChI is InChI=1S/C59H70O16.C58H68O14/c1-9-51(62)72-18-10-14-39-24-43-32-45-26-40(15-11-19-73-53(64)22-37(2)60)27-46(57(45)69-6)34-47-28-41(16-12-20-74-54(65)23-38(3)61)29-48(58(47)70-7)35-50-31-42(17-13-21-75-55(66)36-52(63)67-4)30-49(59(50)71-8)33-44(25-39)56(43)68-5;1-9-51(61)69-19-11-15-39-25-43-33-44-26-40(16-12-20-70-52(62)10-2)28-46(56(44)66-6)35-48-30-42(18-14-22-72-54(64)24-38(4)60)32-50(58(48)68-8)36-49-31-41(17-13-21-71-53(63)23-37(3)59)29-47(57(49)67-7)34-45(27-39)55(43)65-5/h9,24-31H,1,10-23,32-36H2,2-8H3;9-10,25-32H,1-2,11-24,33-36H2,3-8H3. The number of benzene rings is 8. The summed E-state index contributed by atoms with van der Waals surface area (Å²) in [5, 5.41) is 0. The first-order chi connectivity index (χ1) is 70.7. The zero-order valence-corrected chi connectivity index (χ0v) is 87.0. The molecule has 8 aromatic rings. The molecular formula is C117H138O30. The minimum atomic E-state index is -0.679. The molecule has 30 nitrogen and oxygen atoms in total. The third-order valence-corrected chi connectivity index (χ3v) is 24.6. The van der Waals surface area contributed by atoms with E-state index in [0.717, 1.165) is 152 Å². The molecule has 0 N–H and O–H groups in total. The highest BCUT2D eigenvalue weighted by Crippen LogP contribution is 2.45. The monoisotopic (exact) mass is 2020 g/mol. The van der Waals surface area contributed by atoms with E-state index >= 15 is 0 Å². The van der Waals surface area contributed by atoms with Crippen molar-refractivity contribution in [1.82, 2.24) is 0 Å². The maximum atomic E-state index is 12.4. The van der Waals surface area contributed by atoms with Gasteiger partial charge in [-0.15, -0.1) is 0 Å². The van der Waals surface area contributed by atoms with E-state index in [1.165, 1.54) is 34.8 Å². The molecule has 0 radical (unpaired) electrons. The SMILES string of the molecule is C=CC(=O)OCCCc1cc2c(OC)c(c1)Cc1cc(CCCOC(=O)CC(=O)OC)cc(c1OC)Cc1cc(CCCOC(=O)CC(C)=O)cc(c1OC)Cc1cc(CCCOC(=O)CC(C)=O)cc(c1OC)C2.C=CC(=O)OCCCc1cc2c(OC)c(c1)Cc1cc(CCCOC(=O)CC(C)=O)cc(c1OC)Cc1cc(CCCOC(=O)CC(C)=O)cc(c1OC)Cc1cc(CCCOC(=O)C=C)cc(c1OC)C2. The predicted octanol–water partition coefficient (Wildman–Crippen LogP) is 16.6. The van der Waals surface area contributed by atoms with Gasteiger partial charge < -0.3 is 80.5 Å². The van der Waals surface area contributed by atoms with Crippen LogP contribution in [0.15, 0.2) is 135 Å². The van der Waals surface area contributed by atoms with Crippen molar-refractivity contribution in [2.24, 2.45) is 0 Å². The lowest BCUT2D eigenvalue weighted by atomic mass is 9.87. The highest BCUT2D eigenvalue weighted by Gasteiger charge is 2.30. The summed E-state index contributed by atoms with van der Waals surface area (Å²) < 4.78 is 98.4. The van der Waals surface area contributed by atoms with Crippen molar-refractivity contribution in [3.63, 3.8) is 0 Å². The summed E-state index contributed by atoms with van der Waals surface area (Å²) in [6.45, 7) is 17.2. The summed E-state index contributed by atoms with van der Waals surface area (Å²) in [6.07, 6.45) is 13.6. The Morgan fingerprint density at radius 1 is 0.204 bits per heavy atom. The molecule has 0 fully saturated rings. The van der Waals surface area contributed by atoms with Crippen LogP contribution < -0.4 is 37.9 Å².